The van der Waals surface area contributed by atoms with Gasteiger partial charge in [0.2, 0.25) is 5.91 Å². The maximum atomic E-state index is 13.4. The number of aryl methyl sites for hydroxylation is 1. The van der Waals surface area contributed by atoms with E-state index in [-0.39, 0.29) is 23.2 Å². The van der Waals surface area contributed by atoms with Gasteiger partial charge in [-0.2, -0.15) is 5.11 Å². The molecule has 2 aliphatic rings. The van der Waals surface area contributed by atoms with Gasteiger partial charge in [0, 0.05) is 5.69 Å². The second-order valence-electron chi connectivity index (χ2n) is 6.86. The number of halogens is 2. The van der Waals surface area contributed by atoms with Crippen molar-refractivity contribution in [3.05, 3.63) is 58.9 Å². The van der Waals surface area contributed by atoms with Gasteiger partial charge in [0.15, 0.2) is 12.1 Å². The molecular weight excluding hydrogens is 413 g/mol. The van der Waals surface area contributed by atoms with Gasteiger partial charge in [0.1, 0.15) is 12.4 Å². The van der Waals surface area contributed by atoms with E-state index in [9.17, 15) is 18.8 Å². The summed E-state index contributed by atoms with van der Waals surface area (Å²) in [7, 11) is 0. The van der Waals surface area contributed by atoms with Crippen molar-refractivity contribution < 1.29 is 18.8 Å². The van der Waals surface area contributed by atoms with E-state index >= 15 is 0 Å². The number of benzene rings is 2. The summed E-state index contributed by atoms with van der Waals surface area (Å²) >= 11 is 5.78. The normalized spacial score (nSPS) is 20.1. The van der Waals surface area contributed by atoms with Crippen LogP contribution in [0, 0.1) is 5.82 Å². The number of anilines is 2. The number of nitrogens with zero attached hydrogens (tertiary/aromatic N) is 4. The third kappa shape index (κ3) is 3.41. The number of imide groups is 1. The van der Waals surface area contributed by atoms with Crippen molar-refractivity contribution in [2.75, 3.05) is 16.8 Å². The molecule has 154 valence electrons. The number of carbonyl (C=O) groups is 3. The topological polar surface area (TPSA) is 94.4 Å². The fourth-order valence-electron chi connectivity index (χ4n) is 3.52. The fraction of sp³-hybridized carbons (Fsp3) is 0.250. The van der Waals surface area contributed by atoms with Gasteiger partial charge in [-0.25, -0.2) is 9.29 Å². The zero-order chi connectivity index (χ0) is 21.4. The number of hydrogen-bond acceptors (Lipinski definition) is 6. The predicted octanol–water partition coefficient (Wildman–Crippen LogP) is 2.97. The molecule has 2 atom stereocenters. The lowest BCUT2D eigenvalue weighted by Gasteiger charge is -2.20. The Kier molecular flexibility index (Phi) is 5.21. The molecule has 0 unspecified atom stereocenters. The van der Waals surface area contributed by atoms with Gasteiger partial charge in [-0.3, -0.25) is 19.4 Å². The first-order valence-corrected chi connectivity index (χ1v) is 9.66. The maximum Gasteiger partial charge on any atom is 0.263 e. The molecule has 2 heterocycles. The summed E-state index contributed by atoms with van der Waals surface area (Å²) in [6.07, 6.45) is 0.743. The van der Waals surface area contributed by atoms with Crippen LogP contribution in [0.1, 0.15) is 12.5 Å². The minimum absolute atomic E-state index is 0.141. The highest BCUT2D eigenvalue weighted by atomic mass is 35.5. The van der Waals surface area contributed by atoms with E-state index in [1.54, 1.807) is 6.07 Å². The van der Waals surface area contributed by atoms with Crippen molar-refractivity contribution in [1.29, 1.82) is 0 Å². The number of rotatable bonds is 5. The molecule has 2 aromatic rings. The second kappa shape index (κ2) is 7.83. The molecule has 0 saturated carbocycles. The highest BCUT2D eigenvalue weighted by Gasteiger charge is 2.55. The lowest BCUT2D eigenvalue weighted by molar-refractivity contribution is -0.123. The molecule has 2 aliphatic heterocycles. The number of amides is 3. The van der Waals surface area contributed by atoms with E-state index < -0.39 is 29.7 Å². The number of fused-ring (bicyclic) bond motifs is 1. The molecule has 8 nitrogen and oxygen atoms in total. The Bertz CT molecular complexity index is 1080. The van der Waals surface area contributed by atoms with Crippen molar-refractivity contribution in [2.45, 2.75) is 25.4 Å². The lowest BCUT2D eigenvalue weighted by Crippen LogP contribution is -2.43. The molecule has 3 amide bonds. The fourth-order valence-corrected chi connectivity index (χ4v) is 3.69. The Morgan fingerprint density at radius 2 is 1.97 bits per heavy atom. The summed E-state index contributed by atoms with van der Waals surface area (Å²) < 4.78 is 13.4. The molecule has 0 radical (unpaired) electrons. The molecule has 30 heavy (non-hydrogen) atoms. The van der Waals surface area contributed by atoms with Gasteiger partial charge in [0.05, 0.1) is 10.7 Å². The molecular formula is C20H17ClFN5O3. The van der Waals surface area contributed by atoms with E-state index in [1.807, 2.05) is 25.1 Å². The number of para-hydroxylation sites is 1. The quantitative estimate of drug-likeness (QED) is 0.739. The predicted molar refractivity (Wildman–Crippen MR) is 107 cm³/mol. The van der Waals surface area contributed by atoms with Crippen LogP contribution in [-0.4, -0.2) is 41.4 Å². The summed E-state index contributed by atoms with van der Waals surface area (Å²) in [4.78, 5) is 39.0. The third-order valence-electron chi connectivity index (χ3n) is 5.00. The minimum Gasteiger partial charge on any atom is -0.324 e. The monoisotopic (exact) mass is 429 g/mol. The molecule has 4 rings (SSSR count). The van der Waals surface area contributed by atoms with Crippen LogP contribution in [0.15, 0.2) is 52.8 Å². The Labute approximate surface area is 176 Å². The first kappa shape index (κ1) is 20.0. The van der Waals surface area contributed by atoms with Crippen LogP contribution in [0.3, 0.4) is 0 Å². The second-order valence-corrected chi connectivity index (χ2v) is 7.27. The van der Waals surface area contributed by atoms with Crippen LogP contribution >= 0.6 is 11.6 Å². The van der Waals surface area contributed by atoms with Crippen molar-refractivity contribution in [2.24, 2.45) is 10.3 Å². The smallest absolute Gasteiger partial charge is 0.263 e. The first-order chi connectivity index (χ1) is 14.4. The van der Waals surface area contributed by atoms with Crippen molar-refractivity contribution in [3.63, 3.8) is 0 Å². The van der Waals surface area contributed by atoms with E-state index in [0.717, 1.165) is 23.0 Å². The van der Waals surface area contributed by atoms with Gasteiger partial charge < -0.3 is 5.32 Å². The molecule has 2 aromatic carbocycles. The van der Waals surface area contributed by atoms with Crippen LogP contribution in [0.4, 0.5) is 15.8 Å². The number of hydrogen-bond donors (Lipinski definition) is 1. The largest absolute Gasteiger partial charge is 0.324 e. The Morgan fingerprint density at radius 3 is 2.70 bits per heavy atom. The van der Waals surface area contributed by atoms with Crippen LogP contribution in [0.5, 0.6) is 0 Å². The molecule has 1 saturated heterocycles. The van der Waals surface area contributed by atoms with Crippen molar-refractivity contribution >= 4 is 40.7 Å². The Balaban J connectivity index is 1.50. The SMILES string of the molecule is CCc1ccccc1NC(=O)CN1N=N[C@@H]2C(=O)N(c3ccc(F)c(Cl)c3)C(=O)[C@@H]21. The molecule has 1 fully saturated rings. The van der Waals surface area contributed by atoms with Crippen molar-refractivity contribution in [3.8, 4) is 0 Å². The minimum atomic E-state index is -1.06. The zero-order valence-electron chi connectivity index (χ0n) is 15.9. The highest BCUT2D eigenvalue weighted by molar-refractivity contribution is 6.32. The summed E-state index contributed by atoms with van der Waals surface area (Å²) in [6, 6.07) is 8.85. The standard InChI is InChI=1S/C20H17ClFN5O3/c1-2-11-5-3-4-6-15(11)23-16(28)10-26-18-17(24-25-26)19(29)27(20(18)30)12-7-8-14(22)13(21)9-12/h3-9,17-18H,2,10H2,1H3,(H,23,28)/t17-,18+/m0/s1. The zero-order valence-corrected chi connectivity index (χ0v) is 16.6. The summed E-state index contributed by atoms with van der Waals surface area (Å²) in [5.41, 5.74) is 1.79. The van der Waals surface area contributed by atoms with Crippen molar-refractivity contribution in [1.82, 2.24) is 5.01 Å². The molecule has 0 aromatic heterocycles. The third-order valence-corrected chi connectivity index (χ3v) is 5.29. The van der Waals surface area contributed by atoms with Crippen LogP contribution in [0.2, 0.25) is 5.02 Å². The molecule has 1 N–H and O–H groups in total. The van der Waals surface area contributed by atoms with Gasteiger partial charge in [0.25, 0.3) is 11.8 Å². The molecule has 0 bridgehead atoms. The number of carbonyl (C=O) groups excluding carboxylic acids is 3. The summed E-state index contributed by atoms with van der Waals surface area (Å²) in [5, 5.41) is 11.5. The van der Waals surface area contributed by atoms with Gasteiger partial charge in [-0.15, -0.1) is 0 Å². The van der Waals surface area contributed by atoms with E-state index in [2.05, 4.69) is 15.7 Å². The Morgan fingerprint density at radius 1 is 1.20 bits per heavy atom. The van der Waals surface area contributed by atoms with E-state index in [1.165, 1.54) is 17.1 Å². The van der Waals surface area contributed by atoms with Gasteiger partial charge in [-0.1, -0.05) is 41.9 Å². The van der Waals surface area contributed by atoms with E-state index in [4.69, 9.17) is 11.6 Å². The van der Waals surface area contributed by atoms with Crippen LogP contribution in [0.25, 0.3) is 0 Å². The summed E-state index contributed by atoms with van der Waals surface area (Å²) in [6.45, 7) is 1.73. The maximum absolute atomic E-state index is 13.4. The number of nitrogens with one attached hydrogen (secondary N) is 1. The average molecular weight is 430 g/mol. The first-order valence-electron chi connectivity index (χ1n) is 9.28. The Hall–Kier alpha value is -3.33. The average Bonchev–Trinajstić information content (AvgIpc) is 3.24. The highest BCUT2D eigenvalue weighted by Crippen LogP contribution is 2.33. The lowest BCUT2D eigenvalue weighted by atomic mass is 10.1. The van der Waals surface area contributed by atoms with Gasteiger partial charge in [-0.05, 0) is 36.2 Å². The molecule has 0 aliphatic carbocycles. The van der Waals surface area contributed by atoms with Crippen LogP contribution < -0.4 is 10.2 Å². The van der Waals surface area contributed by atoms with E-state index in [0.29, 0.717) is 5.69 Å². The molecule has 10 heteroatoms. The van der Waals surface area contributed by atoms with Crippen LogP contribution in [-0.2, 0) is 20.8 Å². The summed E-state index contributed by atoms with van der Waals surface area (Å²) in [5.74, 6) is -2.25. The molecule has 0 spiro atoms. The van der Waals surface area contributed by atoms with Gasteiger partial charge >= 0.3 is 0 Å².